The molecule has 0 radical (unpaired) electrons. The summed E-state index contributed by atoms with van der Waals surface area (Å²) in [6, 6.07) is 6.89. The molecule has 4 bridgehead atoms. The summed E-state index contributed by atoms with van der Waals surface area (Å²) in [6.45, 7) is 2.88. The van der Waals surface area contributed by atoms with Crippen LogP contribution in [-0.4, -0.2) is 39.1 Å². The highest BCUT2D eigenvalue weighted by atomic mass is 32.2. The van der Waals surface area contributed by atoms with Gasteiger partial charge in [0.2, 0.25) is 15.9 Å². The summed E-state index contributed by atoms with van der Waals surface area (Å²) in [7, 11) is -3.59. The van der Waals surface area contributed by atoms with Gasteiger partial charge in [-0.05, 0) is 80.9 Å². The fraction of sp³-hybridized carbons (Fsp3) is 0.696. The number of amides is 1. The van der Waals surface area contributed by atoms with Gasteiger partial charge in [-0.3, -0.25) is 4.79 Å². The van der Waals surface area contributed by atoms with Crippen molar-refractivity contribution >= 4 is 15.9 Å². The summed E-state index contributed by atoms with van der Waals surface area (Å²) in [6.07, 6.45) is 7.86. The van der Waals surface area contributed by atoms with Crippen molar-refractivity contribution in [2.24, 2.45) is 17.8 Å². The zero-order valence-electron chi connectivity index (χ0n) is 17.6. The summed E-state index contributed by atoms with van der Waals surface area (Å²) in [5.74, 6) is 2.60. The lowest BCUT2D eigenvalue weighted by Gasteiger charge is -2.57. The molecule has 7 heteroatoms. The minimum Gasteiger partial charge on any atom is -0.371 e. The first-order chi connectivity index (χ1) is 14.3. The van der Waals surface area contributed by atoms with E-state index in [1.807, 2.05) is 19.1 Å². The van der Waals surface area contributed by atoms with Gasteiger partial charge in [0.15, 0.2) is 0 Å². The number of rotatable bonds is 7. The Morgan fingerprint density at radius 3 is 2.23 bits per heavy atom. The van der Waals surface area contributed by atoms with Gasteiger partial charge in [0.25, 0.3) is 0 Å². The Morgan fingerprint density at radius 1 is 1.10 bits per heavy atom. The Bertz CT molecular complexity index is 876. The van der Waals surface area contributed by atoms with E-state index in [2.05, 4.69) is 10.0 Å². The Labute approximate surface area is 179 Å². The quantitative estimate of drug-likeness (QED) is 0.694. The van der Waals surface area contributed by atoms with Crippen molar-refractivity contribution in [2.75, 3.05) is 13.1 Å². The molecule has 6 nitrogen and oxygen atoms in total. The Hall–Kier alpha value is -1.44. The minimum absolute atomic E-state index is 0.0198. The molecule has 1 heterocycles. The maximum atomic E-state index is 12.8. The summed E-state index contributed by atoms with van der Waals surface area (Å²) < 4.78 is 34.8. The molecule has 1 aromatic rings. The van der Waals surface area contributed by atoms with E-state index in [1.165, 1.54) is 19.3 Å². The van der Waals surface area contributed by atoms with Gasteiger partial charge < -0.3 is 10.1 Å². The average molecular weight is 433 g/mol. The van der Waals surface area contributed by atoms with E-state index >= 15 is 0 Å². The Morgan fingerprint density at radius 2 is 1.70 bits per heavy atom. The maximum absolute atomic E-state index is 12.8. The Balaban J connectivity index is 1.18. The van der Waals surface area contributed by atoms with Crippen molar-refractivity contribution in [1.29, 1.82) is 0 Å². The third kappa shape index (κ3) is 4.04. The molecule has 1 saturated heterocycles. The molecule has 1 aromatic carbocycles. The highest BCUT2D eigenvalue weighted by Crippen LogP contribution is 2.57. The van der Waals surface area contributed by atoms with Gasteiger partial charge in [-0.1, -0.05) is 12.1 Å². The van der Waals surface area contributed by atoms with Gasteiger partial charge in [0, 0.05) is 25.4 Å². The van der Waals surface area contributed by atoms with E-state index in [1.54, 1.807) is 12.1 Å². The first kappa shape index (κ1) is 20.5. The standard InChI is InChI=1S/C23H32N2O4S/c1-15(29-23-10-16-6-17(11-23)8-18(7-16)12-23)13-25-30(27,28)21-4-2-19(3-5-21)20-9-22(26)24-14-20/h2-5,15-18,20,25H,6-14H2,1H3,(H,24,26)/t15-,16?,17?,18?,20-,23?/m0/s1. The van der Waals surface area contributed by atoms with Crippen LogP contribution >= 0.6 is 0 Å². The van der Waals surface area contributed by atoms with Gasteiger partial charge in [-0.15, -0.1) is 0 Å². The third-order valence-electron chi connectivity index (χ3n) is 7.63. The predicted molar refractivity (Wildman–Crippen MR) is 113 cm³/mol. The molecule has 1 amide bonds. The normalized spacial score (nSPS) is 36.1. The number of sulfonamides is 1. The van der Waals surface area contributed by atoms with Crippen LogP contribution in [0, 0.1) is 17.8 Å². The van der Waals surface area contributed by atoms with Crippen molar-refractivity contribution in [3.05, 3.63) is 29.8 Å². The van der Waals surface area contributed by atoms with Crippen LogP contribution in [0.4, 0.5) is 0 Å². The third-order valence-corrected chi connectivity index (χ3v) is 9.07. The highest BCUT2D eigenvalue weighted by Gasteiger charge is 2.52. The zero-order chi connectivity index (χ0) is 20.9. The molecule has 5 aliphatic rings. The van der Waals surface area contributed by atoms with Crippen LogP contribution < -0.4 is 10.0 Å². The molecule has 0 unspecified atom stereocenters. The molecule has 2 N–H and O–H groups in total. The second-order valence-electron chi connectivity index (χ2n) is 10.2. The molecule has 0 aromatic heterocycles. The predicted octanol–water partition coefficient (Wildman–Crippen LogP) is 2.94. The van der Waals surface area contributed by atoms with Crippen LogP contribution in [0.3, 0.4) is 0 Å². The molecule has 164 valence electrons. The number of hydrogen-bond donors (Lipinski definition) is 2. The number of carbonyl (C=O) groups is 1. The number of ether oxygens (including phenoxy) is 1. The van der Waals surface area contributed by atoms with Gasteiger partial charge >= 0.3 is 0 Å². The molecule has 4 saturated carbocycles. The van der Waals surface area contributed by atoms with Gasteiger partial charge in [-0.25, -0.2) is 13.1 Å². The Kier molecular flexibility index (Phi) is 5.19. The zero-order valence-corrected chi connectivity index (χ0v) is 18.4. The van der Waals surface area contributed by atoms with Crippen molar-refractivity contribution in [3.8, 4) is 0 Å². The summed E-state index contributed by atoms with van der Waals surface area (Å²) in [4.78, 5) is 11.7. The number of carbonyl (C=O) groups excluding carboxylic acids is 1. The molecule has 30 heavy (non-hydrogen) atoms. The second kappa shape index (κ2) is 7.61. The van der Waals surface area contributed by atoms with Crippen LogP contribution in [0.2, 0.25) is 0 Å². The smallest absolute Gasteiger partial charge is 0.240 e. The molecule has 4 aliphatic carbocycles. The van der Waals surface area contributed by atoms with E-state index in [0.717, 1.165) is 42.6 Å². The monoisotopic (exact) mass is 432 g/mol. The molecular weight excluding hydrogens is 400 g/mol. The van der Waals surface area contributed by atoms with Crippen LogP contribution in [0.25, 0.3) is 0 Å². The van der Waals surface area contributed by atoms with Crippen LogP contribution in [0.1, 0.15) is 63.4 Å². The maximum Gasteiger partial charge on any atom is 0.240 e. The van der Waals surface area contributed by atoms with E-state index < -0.39 is 10.0 Å². The van der Waals surface area contributed by atoms with Crippen molar-refractivity contribution < 1.29 is 17.9 Å². The number of nitrogens with one attached hydrogen (secondary N) is 2. The van der Waals surface area contributed by atoms with Gasteiger partial charge in [0.1, 0.15) is 0 Å². The van der Waals surface area contributed by atoms with Gasteiger partial charge in [0.05, 0.1) is 16.6 Å². The van der Waals surface area contributed by atoms with Crippen LogP contribution in [0.5, 0.6) is 0 Å². The van der Waals surface area contributed by atoms with E-state index in [-0.39, 0.29) is 35.0 Å². The lowest BCUT2D eigenvalue weighted by molar-refractivity contribution is -0.182. The molecule has 5 fully saturated rings. The molecular formula is C23H32N2O4S. The number of hydrogen-bond acceptors (Lipinski definition) is 4. The summed E-state index contributed by atoms with van der Waals surface area (Å²) in [5.41, 5.74) is 0.972. The lowest BCUT2D eigenvalue weighted by atomic mass is 9.54. The van der Waals surface area contributed by atoms with E-state index in [4.69, 9.17) is 4.74 Å². The molecule has 1 aliphatic heterocycles. The van der Waals surface area contributed by atoms with Crippen molar-refractivity contribution in [2.45, 2.75) is 74.4 Å². The second-order valence-corrected chi connectivity index (χ2v) is 11.9. The fourth-order valence-electron chi connectivity index (χ4n) is 6.71. The lowest BCUT2D eigenvalue weighted by Crippen LogP contribution is -2.53. The average Bonchev–Trinajstić information content (AvgIpc) is 3.12. The first-order valence-electron chi connectivity index (χ1n) is 11.3. The van der Waals surface area contributed by atoms with Crippen LogP contribution in [0.15, 0.2) is 29.2 Å². The first-order valence-corrected chi connectivity index (χ1v) is 12.8. The summed E-state index contributed by atoms with van der Waals surface area (Å²) >= 11 is 0. The van der Waals surface area contributed by atoms with Crippen molar-refractivity contribution in [3.63, 3.8) is 0 Å². The van der Waals surface area contributed by atoms with E-state index in [9.17, 15) is 13.2 Å². The minimum atomic E-state index is -3.59. The number of benzene rings is 1. The molecule has 6 rings (SSSR count). The highest BCUT2D eigenvalue weighted by molar-refractivity contribution is 7.89. The summed E-state index contributed by atoms with van der Waals surface area (Å²) in [5, 5.41) is 2.82. The van der Waals surface area contributed by atoms with Crippen molar-refractivity contribution in [1.82, 2.24) is 10.0 Å². The molecule has 0 spiro atoms. The SMILES string of the molecule is C[C@@H](CNS(=O)(=O)c1ccc([C@@H]2CNC(=O)C2)cc1)OC12CC3CC(CC(C3)C1)C2. The van der Waals surface area contributed by atoms with Gasteiger partial charge in [-0.2, -0.15) is 0 Å². The molecule has 2 atom stereocenters. The largest absolute Gasteiger partial charge is 0.371 e. The van der Waals surface area contributed by atoms with Crippen LogP contribution in [-0.2, 0) is 19.6 Å². The van der Waals surface area contributed by atoms with E-state index in [0.29, 0.717) is 13.0 Å². The fourth-order valence-corrected chi connectivity index (χ4v) is 7.83. The topological polar surface area (TPSA) is 84.5 Å².